The van der Waals surface area contributed by atoms with Crippen molar-refractivity contribution in [2.75, 3.05) is 7.05 Å². The van der Waals surface area contributed by atoms with E-state index in [-0.39, 0.29) is 16.1 Å². The normalized spacial score (nSPS) is 11.8. The maximum Gasteiger partial charge on any atom is 0.245 e. The van der Waals surface area contributed by atoms with Crippen molar-refractivity contribution in [2.45, 2.75) is 18.0 Å². The Morgan fingerprint density at radius 1 is 1.19 bits per heavy atom. The van der Waals surface area contributed by atoms with Gasteiger partial charge in [0.25, 0.3) is 0 Å². The summed E-state index contributed by atoms with van der Waals surface area (Å²) in [6, 6.07) is 8.95. The Morgan fingerprint density at radius 3 is 2.62 bits per heavy atom. The lowest BCUT2D eigenvalue weighted by molar-refractivity contribution is 0.470. The molecular weight excluding hydrogens is 424 g/mol. The average molecular weight is 438 g/mol. The monoisotopic (exact) mass is 436 g/mol. The molecule has 0 atom stereocenters. The van der Waals surface area contributed by atoms with Gasteiger partial charge in [-0.25, -0.2) is 13.1 Å². The highest BCUT2D eigenvalue weighted by Gasteiger charge is 2.22. The summed E-state index contributed by atoms with van der Waals surface area (Å²) in [7, 11) is -1.87. The molecule has 2 rings (SSSR count). The standard InChI is InChI=1S/C13H14Br2N2O3S/c1-16-8-11-6-12(13(15)20-11)21(18,19)17-7-9-3-2-4-10(14)5-9/h2-6,16-17H,7-8H2,1H3. The maximum absolute atomic E-state index is 12.3. The zero-order valence-corrected chi connectivity index (χ0v) is 15.2. The van der Waals surface area contributed by atoms with E-state index < -0.39 is 10.0 Å². The SMILES string of the molecule is CNCc1cc(S(=O)(=O)NCc2cccc(Br)c2)c(Br)o1. The third-order valence-electron chi connectivity index (χ3n) is 2.70. The predicted molar refractivity (Wildman–Crippen MR) is 87.3 cm³/mol. The van der Waals surface area contributed by atoms with Crippen molar-refractivity contribution in [3.05, 3.63) is 50.8 Å². The van der Waals surface area contributed by atoms with Crippen molar-refractivity contribution < 1.29 is 12.8 Å². The molecule has 1 aromatic carbocycles. The fourth-order valence-corrected chi connectivity index (χ4v) is 4.21. The summed E-state index contributed by atoms with van der Waals surface area (Å²) < 4.78 is 33.6. The molecule has 0 spiro atoms. The molecule has 2 aromatic rings. The van der Waals surface area contributed by atoms with Gasteiger partial charge in [0.2, 0.25) is 10.0 Å². The van der Waals surface area contributed by atoms with Crippen LogP contribution in [0.15, 0.2) is 48.8 Å². The van der Waals surface area contributed by atoms with Gasteiger partial charge in [0.15, 0.2) is 4.67 Å². The third kappa shape index (κ3) is 4.40. The van der Waals surface area contributed by atoms with Crippen LogP contribution < -0.4 is 10.0 Å². The van der Waals surface area contributed by atoms with Crippen molar-refractivity contribution in [2.24, 2.45) is 0 Å². The number of benzene rings is 1. The molecule has 0 bridgehead atoms. The first-order valence-corrected chi connectivity index (χ1v) is 9.16. The second-order valence-electron chi connectivity index (χ2n) is 4.34. The Morgan fingerprint density at radius 2 is 1.95 bits per heavy atom. The molecule has 0 aliphatic carbocycles. The van der Waals surface area contributed by atoms with Gasteiger partial charge in [-0.3, -0.25) is 0 Å². The Labute approximate surface area is 140 Å². The molecule has 0 radical (unpaired) electrons. The summed E-state index contributed by atoms with van der Waals surface area (Å²) in [4.78, 5) is 0.0998. The summed E-state index contributed by atoms with van der Waals surface area (Å²) in [5, 5.41) is 2.91. The van der Waals surface area contributed by atoms with Crippen molar-refractivity contribution >= 4 is 41.9 Å². The fourth-order valence-electron chi connectivity index (χ4n) is 1.75. The second kappa shape index (κ2) is 7.06. The molecule has 8 heteroatoms. The van der Waals surface area contributed by atoms with Gasteiger partial charge in [-0.05, 0) is 40.7 Å². The Balaban J connectivity index is 2.15. The average Bonchev–Trinajstić information content (AvgIpc) is 2.79. The van der Waals surface area contributed by atoms with Gasteiger partial charge in [-0.15, -0.1) is 0 Å². The van der Waals surface area contributed by atoms with Gasteiger partial charge in [-0.1, -0.05) is 28.1 Å². The summed E-state index contributed by atoms with van der Waals surface area (Å²) >= 11 is 6.49. The smallest absolute Gasteiger partial charge is 0.245 e. The maximum atomic E-state index is 12.3. The number of halogens is 2. The molecule has 0 aliphatic heterocycles. The molecule has 0 amide bonds. The first-order valence-electron chi connectivity index (χ1n) is 6.09. The third-order valence-corrected chi connectivity index (χ3v) is 5.45. The zero-order valence-electron chi connectivity index (χ0n) is 11.2. The molecule has 1 aromatic heterocycles. The van der Waals surface area contributed by atoms with E-state index in [0.29, 0.717) is 12.3 Å². The van der Waals surface area contributed by atoms with E-state index in [9.17, 15) is 8.42 Å². The van der Waals surface area contributed by atoms with Crippen molar-refractivity contribution in [3.8, 4) is 0 Å². The molecule has 0 aliphatic rings. The van der Waals surface area contributed by atoms with Crippen LogP contribution in [-0.4, -0.2) is 15.5 Å². The van der Waals surface area contributed by atoms with E-state index in [4.69, 9.17) is 4.42 Å². The number of sulfonamides is 1. The molecule has 114 valence electrons. The number of nitrogens with one attached hydrogen (secondary N) is 2. The predicted octanol–water partition coefficient (Wildman–Crippen LogP) is 3.00. The molecule has 0 saturated heterocycles. The largest absolute Gasteiger partial charge is 0.452 e. The van der Waals surface area contributed by atoms with E-state index >= 15 is 0 Å². The van der Waals surface area contributed by atoms with Gasteiger partial charge in [-0.2, -0.15) is 0 Å². The molecule has 21 heavy (non-hydrogen) atoms. The minimum absolute atomic E-state index is 0.0998. The van der Waals surface area contributed by atoms with Gasteiger partial charge < -0.3 is 9.73 Å². The van der Waals surface area contributed by atoms with Crippen molar-refractivity contribution in [1.82, 2.24) is 10.0 Å². The van der Waals surface area contributed by atoms with E-state index in [1.54, 1.807) is 7.05 Å². The van der Waals surface area contributed by atoms with E-state index in [2.05, 4.69) is 41.9 Å². The van der Waals surface area contributed by atoms with Crippen molar-refractivity contribution in [1.29, 1.82) is 0 Å². The first-order chi connectivity index (χ1) is 9.92. The van der Waals surface area contributed by atoms with Gasteiger partial charge in [0, 0.05) is 17.1 Å². The van der Waals surface area contributed by atoms with Crippen LogP contribution in [0, 0.1) is 0 Å². The van der Waals surface area contributed by atoms with Crippen LogP contribution >= 0.6 is 31.9 Å². The summed E-state index contributed by atoms with van der Waals surface area (Å²) in [5.74, 6) is 0.548. The van der Waals surface area contributed by atoms with Crippen LogP contribution in [0.25, 0.3) is 0 Å². The highest BCUT2D eigenvalue weighted by atomic mass is 79.9. The van der Waals surface area contributed by atoms with Crippen LogP contribution in [0.5, 0.6) is 0 Å². The van der Waals surface area contributed by atoms with E-state index in [1.807, 2.05) is 24.3 Å². The Kier molecular flexibility index (Phi) is 5.61. The van der Waals surface area contributed by atoms with Crippen LogP contribution in [0.4, 0.5) is 0 Å². The lowest BCUT2D eigenvalue weighted by Gasteiger charge is -2.05. The van der Waals surface area contributed by atoms with E-state index in [1.165, 1.54) is 6.07 Å². The molecule has 0 unspecified atom stereocenters. The molecule has 1 heterocycles. The molecule has 0 saturated carbocycles. The van der Waals surface area contributed by atoms with Gasteiger partial charge in [0.1, 0.15) is 10.7 Å². The lowest BCUT2D eigenvalue weighted by Crippen LogP contribution is -2.23. The first kappa shape index (κ1) is 16.7. The molecule has 2 N–H and O–H groups in total. The Hall–Kier alpha value is -0.670. The minimum Gasteiger partial charge on any atom is -0.452 e. The zero-order chi connectivity index (χ0) is 15.5. The van der Waals surface area contributed by atoms with Crippen molar-refractivity contribution in [3.63, 3.8) is 0 Å². The highest BCUT2D eigenvalue weighted by Crippen LogP contribution is 2.26. The second-order valence-corrected chi connectivity index (χ2v) is 7.71. The quantitative estimate of drug-likeness (QED) is 0.728. The fraction of sp³-hybridized carbons (Fsp3) is 0.231. The van der Waals surface area contributed by atoms with Crippen LogP contribution in [0.1, 0.15) is 11.3 Å². The van der Waals surface area contributed by atoms with Gasteiger partial charge in [0.05, 0.1) is 6.54 Å². The summed E-state index contributed by atoms with van der Waals surface area (Å²) in [6.07, 6.45) is 0. The highest BCUT2D eigenvalue weighted by molar-refractivity contribution is 9.10. The van der Waals surface area contributed by atoms with Crippen LogP contribution in [0.3, 0.4) is 0 Å². The Bertz CT molecular complexity index is 729. The van der Waals surface area contributed by atoms with Gasteiger partial charge >= 0.3 is 0 Å². The summed E-state index contributed by atoms with van der Waals surface area (Å²) in [6.45, 7) is 0.667. The van der Waals surface area contributed by atoms with Crippen LogP contribution in [0.2, 0.25) is 0 Å². The summed E-state index contributed by atoms with van der Waals surface area (Å²) in [5.41, 5.74) is 0.864. The minimum atomic E-state index is -3.63. The lowest BCUT2D eigenvalue weighted by atomic mass is 10.2. The molecular formula is C13H14Br2N2O3S. The van der Waals surface area contributed by atoms with Crippen LogP contribution in [-0.2, 0) is 23.1 Å². The molecule has 0 fully saturated rings. The van der Waals surface area contributed by atoms with E-state index in [0.717, 1.165) is 10.0 Å². The number of hydrogen-bond donors (Lipinski definition) is 2. The topological polar surface area (TPSA) is 71.3 Å². The number of furan rings is 1. The molecule has 5 nitrogen and oxygen atoms in total. The number of hydrogen-bond acceptors (Lipinski definition) is 4. The number of rotatable bonds is 6.